The van der Waals surface area contributed by atoms with Crippen molar-refractivity contribution in [2.45, 2.75) is 11.8 Å². The second-order valence-corrected chi connectivity index (χ2v) is 9.76. The quantitative estimate of drug-likeness (QED) is 0.403. The molecule has 0 fully saturated rings. The zero-order chi connectivity index (χ0) is 23.8. The second kappa shape index (κ2) is 8.72. The van der Waals surface area contributed by atoms with E-state index in [4.69, 9.17) is 13.9 Å². The van der Waals surface area contributed by atoms with Crippen LogP contribution < -0.4 is 18.7 Å². The number of hydrogen-bond donors (Lipinski definition) is 0. The molecule has 4 rings (SSSR count). The maximum Gasteiger partial charge on any atom is 0.396 e. The van der Waals surface area contributed by atoms with Crippen molar-refractivity contribution in [2.75, 3.05) is 18.5 Å². The highest BCUT2D eigenvalue weighted by atomic mass is 32.2. The highest BCUT2D eigenvalue weighted by Crippen LogP contribution is 2.34. The summed E-state index contributed by atoms with van der Waals surface area (Å²) in [6.07, 6.45) is 0. The van der Waals surface area contributed by atoms with Gasteiger partial charge < -0.3 is 13.9 Å². The lowest BCUT2D eigenvalue weighted by molar-refractivity contribution is 0.100. The van der Waals surface area contributed by atoms with Gasteiger partial charge in [0.15, 0.2) is 11.5 Å². The van der Waals surface area contributed by atoms with Crippen molar-refractivity contribution >= 4 is 43.2 Å². The molecule has 1 heterocycles. The fourth-order valence-electron chi connectivity index (χ4n) is 3.36. The van der Waals surface area contributed by atoms with Crippen molar-refractivity contribution in [1.29, 1.82) is 0 Å². The summed E-state index contributed by atoms with van der Waals surface area (Å²) in [5.74, 6) is -0.193. The summed E-state index contributed by atoms with van der Waals surface area (Å²) in [5.41, 5.74) is 1.22. The Bertz CT molecular complexity index is 1520. The number of hydrogen-bond acceptors (Lipinski definition) is 8. The lowest BCUT2D eigenvalue weighted by Crippen LogP contribution is -2.37. The van der Waals surface area contributed by atoms with Gasteiger partial charge in [0.2, 0.25) is 0 Å². The molecule has 1 amide bonds. The Morgan fingerprint density at radius 3 is 2.39 bits per heavy atom. The zero-order valence-electron chi connectivity index (χ0n) is 17.9. The van der Waals surface area contributed by atoms with E-state index in [0.717, 1.165) is 15.6 Å². The number of nitrogens with zero attached hydrogens (tertiary/aromatic N) is 1. The van der Waals surface area contributed by atoms with Crippen molar-refractivity contribution in [1.82, 2.24) is 0 Å². The van der Waals surface area contributed by atoms with Crippen LogP contribution in [0.25, 0.3) is 10.3 Å². The smallest absolute Gasteiger partial charge is 0.396 e. The van der Waals surface area contributed by atoms with Crippen LogP contribution in [0.2, 0.25) is 0 Å². The number of amides is 1. The summed E-state index contributed by atoms with van der Waals surface area (Å²) in [5, 5.41) is 0. The van der Waals surface area contributed by atoms with Crippen molar-refractivity contribution in [3.8, 4) is 11.5 Å². The molecule has 1 aromatic heterocycles. The van der Waals surface area contributed by atoms with Crippen molar-refractivity contribution in [3.05, 3.63) is 81.5 Å². The minimum Gasteiger partial charge on any atom is -0.493 e. The van der Waals surface area contributed by atoms with Crippen molar-refractivity contribution < 1.29 is 27.1 Å². The van der Waals surface area contributed by atoms with Crippen LogP contribution in [0.3, 0.4) is 0 Å². The minimum absolute atomic E-state index is 0.0718. The van der Waals surface area contributed by atoms with Gasteiger partial charge in [-0.2, -0.15) is 4.31 Å². The first-order valence-corrected chi connectivity index (χ1v) is 11.9. The number of benzene rings is 3. The Morgan fingerprint density at radius 1 is 0.970 bits per heavy atom. The lowest BCUT2D eigenvalue weighted by atomic mass is 10.1. The molecule has 0 aliphatic rings. The predicted molar refractivity (Wildman–Crippen MR) is 125 cm³/mol. The third-order valence-corrected chi connectivity index (χ3v) is 7.50. The molecule has 4 aromatic rings. The summed E-state index contributed by atoms with van der Waals surface area (Å²) < 4.78 is 44.2. The molecule has 8 nitrogen and oxygen atoms in total. The van der Waals surface area contributed by atoms with E-state index in [1.807, 2.05) is 0 Å². The molecule has 0 aliphatic heterocycles. The van der Waals surface area contributed by atoms with Crippen LogP contribution >= 0.6 is 11.3 Å². The van der Waals surface area contributed by atoms with Crippen LogP contribution in [0.4, 0.5) is 5.69 Å². The van der Waals surface area contributed by atoms with Crippen LogP contribution in [-0.2, 0) is 10.0 Å². The first kappa shape index (κ1) is 22.6. The second-order valence-electron chi connectivity index (χ2n) is 6.99. The van der Waals surface area contributed by atoms with Gasteiger partial charge in [-0.1, -0.05) is 29.5 Å². The monoisotopic (exact) mass is 485 g/mol. The summed E-state index contributed by atoms with van der Waals surface area (Å²) in [6, 6.07) is 15.1. The fraction of sp³-hybridized carbons (Fsp3) is 0.130. The molecule has 0 spiro atoms. The van der Waals surface area contributed by atoms with Gasteiger partial charge in [-0.15, -0.1) is 0 Å². The number of anilines is 1. The van der Waals surface area contributed by atoms with E-state index in [9.17, 15) is 18.0 Å². The van der Waals surface area contributed by atoms with Crippen molar-refractivity contribution in [3.63, 3.8) is 0 Å². The Labute approximate surface area is 193 Å². The van der Waals surface area contributed by atoms with E-state index in [2.05, 4.69) is 0 Å². The third kappa shape index (κ3) is 4.10. The molecular weight excluding hydrogens is 466 g/mol. The normalized spacial score (nSPS) is 11.4. The molecule has 10 heteroatoms. The van der Waals surface area contributed by atoms with E-state index in [1.165, 1.54) is 50.6 Å². The Morgan fingerprint density at radius 2 is 1.70 bits per heavy atom. The Balaban J connectivity index is 1.94. The highest BCUT2D eigenvalue weighted by Gasteiger charge is 2.33. The standard InChI is InChI=1S/C23H19NO7S2/c1-14-6-4-5-7-17(14)22(25)24(15-8-10-19-21(12-15)32-23(26)31-19)33(27,28)16-9-11-18(29-2)20(13-16)30-3/h4-13H,1-3H3. The number of fused-ring (bicyclic) bond motifs is 1. The average molecular weight is 486 g/mol. The summed E-state index contributed by atoms with van der Waals surface area (Å²) in [6.45, 7) is 1.72. The fourth-order valence-corrected chi connectivity index (χ4v) is 5.47. The van der Waals surface area contributed by atoms with E-state index >= 15 is 0 Å². The molecule has 0 atom stereocenters. The maximum absolute atomic E-state index is 13.8. The highest BCUT2D eigenvalue weighted by molar-refractivity contribution is 7.93. The number of carbonyl (C=O) groups excluding carboxylic acids is 1. The first-order chi connectivity index (χ1) is 15.8. The van der Waals surface area contributed by atoms with Crippen LogP contribution in [0.5, 0.6) is 11.5 Å². The summed E-state index contributed by atoms with van der Waals surface area (Å²) in [7, 11) is -1.57. The van der Waals surface area contributed by atoms with Gasteiger partial charge in [0.1, 0.15) is 5.58 Å². The molecule has 0 radical (unpaired) electrons. The average Bonchev–Trinajstić information content (AvgIpc) is 3.18. The number of ether oxygens (including phenoxy) is 2. The maximum atomic E-state index is 13.8. The van der Waals surface area contributed by atoms with Crippen LogP contribution in [-0.4, -0.2) is 28.5 Å². The molecule has 0 bridgehead atoms. The molecule has 0 N–H and O–H groups in total. The largest absolute Gasteiger partial charge is 0.493 e. The predicted octanol–water partition coefficient (Wildman–Crippen LogP) is 4.22. The van der Waals surface area contributed by atoms with E-state index in [0.29, 0.717) is 21.6 Å². The molecule has 0 saturated carbocycles. The van der Waals surface area contributed by atoms with Gasteiger partial charge in [0.25, 0.3) is 15.9 Å². The SMILES string of the molecule is COc1ccc(S(=O)(=O)N(C(=O)c2ccccc2C)c2ccc3oc(=O)sc3c2)cc1OC. The lowest BCUT2D eigenvalue weighted by Gasteiger charge is -2.24. The minimum atomic E-state index is -4.39. The number of carbonyl (C=O) groups is 1. The number of methoxy groups -OCH3 is 2. The number of rotatable bonds is 6. The Kier molecular flexibility index (Phi) is 5.96. The van der Waals surface area contributed by atoms with Gasteiger partial charge in [0, 0.05) is 11.6 Å². The van der Waals surface area contributed by atoms with Gasteiger partial charge in [-0.25, -0.2) is 13.2 Å². The van der Waals surface area contributed by atoms with Gasteiger partial charge in [-0.05, 0) is 48.9 Å². The van der Waals surface area contributed by atoms with Crippen LogP contribution in [0.1, 0.15) is 15.9 Å². The topological polar surface area (TPSA) is 103 Å². The van der Waals surface area contributed by atoms with E-state index in [1.54, 1.807) is 31.2 Å². The molecule has 0 unspecified atom stereocenters. The van der Waals surface area contributed by atoms with Gasteiger partial charge in [-0.3, -0.25) is 4.79 Å². The van der Waals surface area contributed by atoms with E-state index in [-0.39, 0.29) is 21.9 Å². The van der Waals surface area contributed by atoms with Crippen molar-refractivity contribution in [2.24, 2.45) is 0 Å². The molecule has 33 heavy (non-hydrogen) atoms. The summed E-state index contributed by atoms with van der Waals surface area (Å²) >= 11 is 0.820. The Hall–Kier alpha value is -3.63. The molecular formula is C23H19NO7S2. The summed E-state index contributed by atoms with van der Waals surface area (Å²) in [4.78, 5) is 24.6. The van der Waals surface area contributed by atoms with Crippen LogP contribution in [0.15, 0.2) is 74.8 Å². The molecule has 0 aliphatic carbocycles. The van der Waals surface area contributed by atoms with Gasteiger partial charge in [0.05, 0.1) is 29.5 Å². The van der Waals surface area contributed by atoms with E-state index < -0.39 is 20.9 Å². The first-order valence-electron chi connectivity index (χ1n) is 9.67. The molecule has 170 valence electrons. The third-order valence-electron chi connectivity index (χ3n) is 5.00. The van der Waals surface area contributed by atoms with Crippen LogP contribution in [0, 0.1) is 6.92 Å². The number of aryl methyl sites for hydroxylation is 1. The molecule has 3 aromatic carbocycles. The number of sulfonamides is 1. The van der Waals surface area contributed by atoms with Gasteiger partial charge >= 0.3 is 4.94 Å². The zero-order valence-corrected chi connectivity index (χ0v) is 19.5. The molecule has 0 saturated heterocycles.